The Labute approximate surface area is 211 Å². The number of carbonyl (C=O) groups is 1. The van der Waals surface area contributed by atoms with E-state index in [0.29, 0.717) is 45.4 Å². The predicted molar refractivity (Wildman–Crippen MR) is 141 cm³/mol. The summed E-state index contributed by atoms with van der Waals surface area (Å²) >= 11 is 6.33. The highest BCUT2D eigenvalue weighted by Gasteiger charge is 2.24. The second-order valence-electron chi connectivity index (χ2n) is 8.10. The van der Waals surface area contributed by atoms with E-state index >= 15 is 0 Å². The number of methoxy groups -OCH3 is 1. The Hall–Kier alpha value is -4.30. The van der Waals surface area contributed by atoms with E-state index in [1.54, 1.807) is 54.1 Å². The molecule has 0 unspecified atom stereocenters. The zero-order valence-electron chi connectivity index (χ0n) is 19.9. The molecule has 0 spiro atoms. The third-order valence-electron chi connectivity index (χ3n) is 5.96. The molecule has 0 bridgehead atoms. The minimum absolute atomic E-state index is 0.113. The lowest BCUT2D eigenvalue weighted by atomic mass is 10.1. The number of nitrogens with one attached hydrogen (secondary N) is 1. The van der Waals surface area contributed by atoms with Crippen molar-refractivity contribution >= 4 is 45.0 Å². The highest BCUT2D eigenvalue weighted by Crippen LogP contribution is 2.30. The summed E-state index contributed by atoms with van der Waals surface area (Å²) in [4.78, 5) is 27.3. The first-order chi connectivity index (χ1) is 17.4. The normalized spacial score (nSPS) is 11.1. The zero-order chi connectivity index (χ0) is 25.4. The van der Waals surface area contributed by atoms with Crippen molar-refractivity contribution in [1.82, 2.24) is 14.3 Å². The number of nitrogens with zero attached hydrogens (tertiary/aromatic N) is 3. The van der Waals surface area contributed by atoms with Crippen LogP contribution in [0.25, 0.3) is 27.5 Å². The molecule has 0 aliphatic rings. The molecule has 2 heterocycles. The SMILES string of the molecule is CCOc1ccc(NC(=O)c2nn(-c3ccc(OC)c(Cl)c3)c(=O)c3c2c2ccccc2n3C)cc1. The van der Waals surface area contributed by atoms with Gasteiger partial charge in [0.05, 0.1) is 24.4 Å². The number of anilines is 1. The van der Waals surface area contributed by atoms with E-state index in [1.807, 2.05) is 31.2 Å². The summed E-state index contributed by atoms with van der Waals surface area (Å²) in [5.74, 6) is 0.719. The lowest BCUT2D eigenvalue weighted by Crippen LogP contribution is -2.27. The van der Waals surface area contributed by atoms with Gasteiger partial charge in [-0.2, -0.15) is 9.78 Å². The lowest BCUT2D eigenvalue weighted by Gasteiger charge is -2.12. The first-order valence-electron chi connectivity index (χ1n) is 11.3. The number of carbonyl (C=O) groups excluding carboxylic acids is 1. The van der Waals surface area contributed by atoms with E-state index in [2.05, 4.69) is 10.4 Å². The molecule has 1 amide bonds. The van der Waals surface area contributed by atoms with Gasteiger partial charge in [0.15, 0.2) is 5.69 Å². The number of halogens is 1. The van der Waals surface area contributed by atoms with Crippen molar-refractivity contribution in [3.05, 3.63) is 87.8 Å². The van der Waals surface area contributed by atoms with E-state index in [1.165, 1.54) is 11.8 Å². The minimum atomic E-state index is -0.450. The van der Waals surface area contributed by atoms with Crippen LogP contribution in [-0.4, -0.2) is 34.0 Å². The van der Waals surface area contributed by atoms with Gasteiger partial charge in [0.1, 0.15) is 17.0 Å². The van der Waals surface area contributed by atoms with Crippen LogP contribution in [0.15, 0.2) is 71.5 Å². The van der Waals surface area contributed by atoms with Crippen molar-refractivity contribution in [1.29, 1.82) is 0 Å². The zero-order valence-corrected chi connectivity index (χ0v) is 20.7. The van der Waals surface area contributed by atoms with Crippen LogP contribution in [0.1, 0.15) is 17.4 Å². The molecule has 0 saturated carbocycles. The summed E-state index contributed by atoms with van der Waals surface area (Å²) in [5, 5.41) is 8.99. The topological polar surface area (TPSA) is 87.4 Å². The van der Waals surface area contributed by atoms with Crippen molar-refractivity contribution < 1.29 is 14.3 Å². The minimum Gasteiger partial charge on any atom is -0.495 e. The first kappa shape index (κ1) is 23.4. The van der Waals surface area contributed by atoms with Crippen molar-refractivity contribution in [2.24, 2.45) is 7.05 Å². The fourth-order valence-electron chi connectivity index (χ4n) is 4.29. The molecule has 5 aromatic rings. The van der Waals surface area contributed by atoms with Gasteiger partial charge in [-0.25, -0.2) is 0 Å². The Bertz CT molecular complexity index is 1670. The average Bonchev–Trinajstić information content (AvgIpc) is 3.19. The highest BCUT2D eigenvalue weighted by molar-refractivity contribution is 6.32. The Morgan fingerprint density at radius 1 is 1.08 bits per heavy atom. The monoisotopic (exact) mass is 502 g/mol. The van der Waals surface area contributed by atoms with Gasteiger partial charge in [0, 0.05) is 29.0 Å². The molecular formula is C27H23ClN4O4. The molecule has 9 heteroatoms. The van der Waals surface area contributed by atoms with Crippen LogP contribution in [0.4, 0.5) is 5.69 Å². The predicted octanol–water partition coefficient (Wildman–Crippen LogP) is 5.19. The van der Waals surface area contributed by atoms with Crippen LogP contribution < -0.4 is 20.3 Å². The van der Waals surface area contributed by atoms with Crippen molar-refractivity contribution in [2.45, 2.75) is 6.92 Å². The third-order valence-corrected chi connectivity index (χ3v) is 6.25. The molecule has 182 valence electrons. The fraction of sp³-hybridized carbons (Fsp3) is 0.148. The average molecular weight is 503 g/mol. The standard InChI is InChI=1S/C27H23ClN4O4/c1-4-36-18-12-9-16(10-13-18)29-26(33)24-23-19-7-5-6-8-21(19)31(2)25(23)27(34)32(30-24)17-11-14-22(35-3)20(28)15-17/h5-15H,4H2,1-3H3,(H,29,33). The number of rotatable bonds is 6. The molecule has 0 saturated heterocycles. The summed E-state index contributed by atoms with van der Waals surface area (Å²) in [5.41, 5.74) is 1.89. The van der Waals surface area contributed by atoms with E-state index < -0.39 is 5.91 Å². The number of benzene rings is 3. The van der Waals surface area contributed by atoms with Gasteiger partial charge in [-0.15, -0.1) is 0 Å². The number of fused-ring (bicyclic) bond motifs is 3. The second kappa shape index (κ2) is 9.39. The number of ether oxygens (including phenoxy) is 2. The summed E-state index contributed by atoms with van der Waals surface area (Å²) in [7, 11) is 3.31. The van der Waals surface area contributed by atoms with Crippen LogP contribution >= 0.6 is 11.6 Å². The van der Waals surface area contributed by atoms with Crippen LogP contribution in [0.3, 0.4) is 0 Å². The molecule has 0 aliphatic heterocycles. The highest BCUT2D eigenvalue weighted by atomic mass is 35.5. The van der Waals surface area contributed by atoms with E-state index in [-0.39, 0.29) is 11.3 Å². The van der Waals surface area contributed by atoms with Gasteiger partial charge in [-0.05, 0) is 55.5 Å². The summed E-state index contributed by atoms with van der Waals surface area (Å²) in [6, 6.07) is 19.5. The lowest BCUT2D eigenvalue weighted by molar-refractivity contribution is 0.102. The molecule has 0 fully saturated rings. The molecule has 1 N–H and O–H groups in total. The van der Waals surface area contributed by atoms with E-state index in [0.717, 1.165) is 10.9 Å². The van der Waals surface area contributed by atoms with Gasteiger partial charge in [-0.1, -0.05) is 29.8 Å². The maximum absolute atomic E-state index is 13.7. The molecule has 2 aromatic heterocycles. The van der Waals surface area contributed by atoms with Gasteiger partial charge < -0.3 is 19.4 Å². The quantitative estimate of drug-likeness (QED) is 0.345. The molecule has 0 radical (unpaired) electrons. The molecule has 3 aromatic carbocycles. The Kier molecular flexibility index (Phi) is 6.12. The smallest absolute Gasteiger partial charge is 0.296 e. The van der Waals surface area contributed by atoms with E-state index in [4.69, 9.17) is 21.1 Å². The number of amides is 1. The van der Waals surface area contributed by atoms with Gasteiger partial charge in [0.25, 0.3) is 11.5 Å². The summed E-state index contributed by atoms with van der Waals surface area (Å²) < 4.78 is 13.7. The van der Waals surface area contributed by atoms with Crippen LogP contribution in [0, 0.1) is 0 Å². The second-order valence-corrected chi connectivity index (χ2v) is 8.50. The maximum Gasteiger partial charge on any atom is 0.296 e. The van der Waals surface area contributed by atoms with Gasteiger partial charge in [0.2, 0.25) is 0 Å². The maximum atomic E-state index is 13.7. The largest absolute Gasteiger partial charge is 0.495 e. The first-order valence-corrected chi connectivity index (χ1v) is 11.7. The molecule has 0 aliphatic carbocycles. The van der Waals surface area contributed by atoms with Gasteiger partial charge in [-0.3, -0.25) is 9.59 Å². The number of hydrogen-bond acceptors (Lipinski definition) is 5. The van der Waals surface area contributed by atoms with Gasteiger partial charge >= 0.3 is 0 Å². The van der Waals surface area contributed by atoms with Crippen molar-refractivity contribution in [2.75, 3.05) is 19.0 Å². The molecule has 8 nitrogen and oxygen atoms in total. The summed E-state index contributed by atoms with van der Waals surface area (Å²) in [6.45, 7) is 2.45. The number of aryl methyl sites for hydroxylation is 1. The summed E-state index contributed by atoms with van der Waals surface area (Å²) in [6.07, 6.45) is 0. The Balaban J connectivity index is 1.71. The van der Waals surface area contributed by atoms with Crippen molar-refractivity contribution in [3.63, 3.8) is 0 Å². The number of hydrogen-bond donors (Lipinski definition) is 1. The Morgan fingerprint density at radius 3 is 2.53 bits per heavy atom. The molecule has 36 heavy (non-hydrogen) atoms. The fourth-order valence-corrected chi connectivity index (χ4v) is 4.54. The van der Waals surface area contributed by atoms with Crippen LogP contribution in [0.2, 0.25) is 5.02 Å². The van der Waals surface area contributed by atoms with Crippen LogP contribution in [0.5, 0.6) is 11.5 Å². The van der Waals surface area contributed by atoms with Crippen molar-refractivity contribution in [3.8, 4) is 17.2 Å². The Morgan fingerprint density at radius 2 is 1.83 bits per heavy atom. The van der Waals surface area contributed by atoms with Crippen LogP contribution in [-0.2, 0) is 7.05 Å². The molecular weight excluding hydrogens is 480 g/mol. The third kappa shape index (κ3) is 3.95. The van der Waals surface area contributed by atoms with E-state index in [9.17, 15) is 9.59 Å². The molecule has 0 atom stereocenters. The number of para-hydroxylation sites is 1. The number of aromatic nitrogens is 3. The molecule has 5 rings (SSSR count).